The Balaban J connectivity index is 1.44. The van der Waals surface area contributed by atoms with Crippen LogP contribution in [0.1, 0.15) is 29.2 Å². The number of ether oxygens (including phenoxy) is 2. The van der Waals surface area contributed by atoms with Crippen LogP contribution in [0.25, 0.3) is 0 Å². The van der Waals surface area contributed by atoms with E-state index in [-0.39, 0.29) is 11.5 Å². The molecule has 7 heteroatoms. The number of hydrogen-bond acceptors (Lipinski definition) is 5. The first-order valence-electron chi connectivity index (χ1n) is 11.4. The molecule has 3 aromatic carbocycles. The monoisotopic (exact) mass is 470 g/mol. The van der Waals surface area contributed by atoms with E-state index in [9.17, 15) is 9.59 Å². The van der Waals surface area contributed by atoms with Crippen molar-refractivity contribution in [2.24, 2.45) is 0 Å². The van der Waals surface area contributed by atoms with Crippen molar-refractivity contribution < 1.29 is 19.4 Å². The SMILES string of the molecule is O=C(O)COc1cccc(OCCCn2nc(C(c3ccccc3)c3ccccc3)ccc2=O)c1. The third-order valence-electron chi connectivity index (χ3n) is 5.40. The van der Waals surface area contributed by atoms with E-state index < -0.39 is 12.6 Å². The summed E-state index contributed by atoms with van der Waals surface area (Å²) in [5.74, 6) is -0.147. The Kier molecular flexibility index (Phi) is 7.91. The molecule has 0 aliphatic rings. The Morgan fingerprint density at radius 1 is 0.829 bits per heavy atom. The molecule has 1 heterocycles. The lowest BCUT2D eigenvalue weighted by Gasteiger charge is -2.18. The maximum Gasteiger partial charge on any atom is 0.341 e. The summed E-state index contributed by atoms with van der Waals surface area (Å²) in [4.78, 5) is 23.2. The second-order valence-corrected chi connectivity index (χ2v) is 7.93. The van der Waals surface area contributed by atoms with Gasteiger partial charge in [0, 0.05) is 25.1 Å². The average Bonchev–Trinajstić information content (AvgIpc) is 2.89. The molecule has 0 aliphatic heterocycles. The van der Waals surface area contributed by atoms with Crippen LogP contribution in [0.15, 0.2) is 102 Å². The minimum absolute atomic E-state index is 0.0888. The van der Waals surface area contributed by atoms with Crippen LogP contribution >= 0.6 is 0 Å². The Bertz CT molecular complexity index is 1270. The minimum atomic E-state index is -1.04. The van der Waals surface area contributed by atoms with Gasteiger partial charge in [-0.25, -0.2) is 9.48 Å². The predicted octanol–water partition coefficient (Wildman–Crippen LogP) is 4.36. The molecule has 1 N–H and O–H groups in total. The van der Waals surface area contributed by atoms with Crippen LogP contribution < -0.4 is 15.0 Å². The molecule has 0 radical (unpaired) electrons. The molecule has 0 aliphatic carbocycles. The largest absolute Gasteiger partial charge is 0.493 e. The van der Waals surface area contributed by atoms with Gasteiger partial charge in [-0.3, -0.25) is 4.79 Å². The number of benzene rings is 3. The van der Waals surface area contributed by atoms with Crippen molar-refractivity contribution in [3.63, 3.8) is 0 Å². The molecular formula is C28H26N2O5. The highest BCUT2D eigenvalue weighted by Crippen LogP contribution is 2.30. The summed E-state index contributed by atoms with van der Waals surface area (Å²) in [6.45, 7) is 0.348. The van der Waals surface area contributed by atoms with E-state index >= 15 is 0 Å². The highest BCUT2D eigenvalue weighted by molar-refractivity contribution is 5.68. The topological polar surface area (TPSA) is 90.7 Å². The summed E-state index contributed by atoms with van der Waals surface area (Å²) in [7, 11) is 0. The zero-order valence-corrected chi connectivity index (χ0v) is 19.1. The summed E-state index contributed by atoms with van der Waals surface area (Å²) < 4.78 is 12.4. The fraction of sp³-hybridized carbons (Fsp3) is 0.179. The van der Waals surface area contributed by atoms with Crippen molar-refractivity contribution in [2.45, 2.75) is 18.9 Å². The molecule has 0 saturated heterocycles. The van der Waals surface area contributed by atoms with Gasteiger partial charge in [0.05, 0.1) is 18.2 Å². The molecule has 4 rings (SSSR count). The summed E-state index contributed by atoms with van der Waals surface area (Å²) in [5, 5.41) is 13.4. The molecular weight excluding hydrogens is 444 g/mol. The van der Waals surface area contributed by atoms with Crippen molar-refractivity contribution in [2.75, 3.05) is 13.2 Å². The van der Waals surface area contributed by atoms with E-state index in [4.69, 9.17) is 19.7 Å². The van der Waals surface area contributed by atoms with E-state index in [1.54, 1.807) is 36.4 Å². The van der Waals surface area contributed by atoms with Gasteiger partial charge in [-0.2, -0.15) is 5.10 Å². The Morgan fingerprint density at radius 2 is 1.46 bits per heavy atom. The van der Waals surface area contributed by atoms with Gasteiger partial charge in [-0.15, -0.1) is 0 Å². The molecule has 35 heavy (non-hydrogen) atoms. The molecule has 7 nitrogen and oxygen atoms in total. The minimum Gasteiger partial charge on any atom is -0.493 e. The highest BCUT2D eigenvalue weighted by Gasteiger charge is 2.19. The molecule has 0 bridgehead atoms. The fourth-order valence-corrected chi connectivity index (χ4v) is 3.81. The number of rotatable bonds is 11. The highest BCUT2D eigenvalue weighted by atomic mass is 16.5. The standard InChI is InChI=1S/C28H26N2O5/c31-26-16-15-25(28(21-9-3-1-4-10-21)22-11-5-2-6-12-22)29-30(26)17-8-18-34-23-13-7-14-24(19-23)35-20-27(32)33/h1-7,9-16,19,28H,8,17-18,20H2,(H,32,33). The maximum absolute atomic E-state index is 12.5. The van der Waals surface area contributed by atoms with Crippen LogP contribution in [0.3, 0.4) is 0 Å². The number of carboxylic acid groups (broad SMARTS) is 1. The number of nitrogens with zero attached hydrogens (tertiary/aromatic N) is 2. The van der Waals surface area contributed by atoms with Crippen molar-refractivity contribution >= 4 is 5.97 Å². The van der Waals surface area contributed by atoms with E-state index in [1.807, 2.05) is 36.4 Å². The van der Waals surface area contributed by atoms with Gasteiger partial charge in [-0.05, 0) is 29.3 Å². The normalized spacial score (nSPS) is 10.8. The van der Waals surface area contributed by atoms with Crippen LogP contribution in [0, 0.1) is 0 Å². The molecule has 0 atom stereocenters. The third kappa shape index (κ3) is 6.57. The number of carbonyl (C=O) groups is 1. The molecule has 0 unspecified atom stereocenters. The van der Waals surface area contributed by atoms with Crippen molar-refractivity contribution in [3.05, 3.63) is 124 Å². The number of aromatic nitrogens is 2. The van der Waals surface area contributed by atoms with Crippen molar-refractivity contribution in [1.82, 2.24) is 9.78 Å². The van der Waals surface area contributed by atoms with Crippen LogP contribution in [-0.2, 0) is 11.3 Å². The first kappa shape index (κ1) is 23.8. The molecule has 0 fully saturated rings. The van der Waals surface area contributed by atoms with Crippen LogP contribution in [0.4, 0.5) is 0 Å². The van der Waals surface area contributed by atoms with E-state index in [1.165, 1.54) is 4.68 Å². The first-order chi connectivity index (χ1) is 17.1. The smallest absolute Gasteiger partial charge is 0.341 e. The summed E-state index contributed by atoms with van der Waals surface area (Å²) in [6, 6.07) is 30.4. The molecule has 0 spiro atoms. The third-order valence-corrected chi connectivity index (χ3v) is 5.40. The van der Waals surface area contributed by atoms with Gasteiger partial charge < -0.3 is 14.6 Å². The zero-order valence-electron chi connectivity index (χ0n) is 19.1. The average molecular weight is 471 g/mol. The molecule has 1 aromatic heterocycles. The Morgan fingerprint density at radius 3 is 2.09 bits per heavy atom. The molecule has 0 amide bonds. The van der Waals surface area contributed by atoms with Gasteiger partial charge in [0.15, 0.2) is 6.61 Å². The first-order valence-corrected chi connectivity index (χ1v) is 11.4. The van der Waals surface area contributed by atoms with Crippen molar-refractivity contribution in [3.8, 4) is 11.5 Å². The molecule has 178 valence electrons. The van der Waals surface area contributed by atoms with Crippen LogP contribution in [-0.4, -0.2) is 34.1 Å². The Hall–Kier alpha value is -4.39. The van der Waals surface area contributed by atoms with E-state index in [0.717, 1.165) is 16.8 Å². The van der Waals surface area contributed by atoms with E-state index in [0.29, 0.717) is 31.1 Å². The Labute approximate surface area is 203 Å². The maximum atomic E-state index is 12.5. The van der Waals surface area contributed by atoms with Crippen LogP contribution in [0.2, 0.25) is 0 Å². The summed E-state index contributed by atoms with van der Waals surface area (Å²) in [5.41, 5.74) is 2.83. The number of carboxylic acids is 1. The molecule has 0 saturated carbocycles. The van der Waals surface area contributed by atoms with Crippen LogP contribution in [0.5, 0.6) is 11.5 Å². The number of aryl methyl sites for hydroxylation is 1. The van der Waals surface area contributed by atoms with Gasteiger partial charge in [0.1, 0.15) is 11.5 Å². The lowest BCUT2D eigenvalue weighted by atomic mass is 9.88. The number of hydrogen-bond donors (Lipinski definition) is 1. The zero-order chi connectivity index (χ0) is 24.5. The second-order valence-electron chi connectivity index (χ2n) is 7.93. The van der Waals surface area contributed by atoms with Crippen molar-refractivity contribution in [1.29, 1.82) is 0 Å². The molecule has 4 aromatic rings. The number of aliphatic carboxylic acids is 1. The van der Waals surface area contributed by atoms with E-state index in [2.05, 4.69) is 24.3 Å². The van der Waals surface area contributed by atoms with Gasteiger partial charge >= 0.3 is 5.97 Å². The van der Waals surface area contributed by atoms with Gasteiger partial charge in [-0.1, -0.05) is 66.7 Å². The quantitative estimate of drug-likeness (QED) is 0.328. The van der Waals surface area contributed by atoms with Gasteiger partial charge in [0.25, 0.3) is 5.56 Å². The summed E-state index contributed by atoms with van der Waals surface area (Å²) >= 11 is 0. The fourth-order valence-electron chi connectivity index (χ4n) is 3.81. The predicted molar refractivity (Wildman–Crippen MR) is 132 cm³/mol. The lowest BCUT2D eigenvalue weighted by Crippen LogP contribution is -2.25. The lowest BCUT2D eigenvalue weighted by molar-refractivity contribution is -0.139. The van der Waals surface area contributed by atoms with Gasteiger partial charge in [0.2, 0.25) is 0 Å². The second kappa shape index (κ2) is 11.7. The summed E-state index contributed by atoms with van der Waals surface area (Å²) in [6.07, 6.45) is 0.567.